The summed E-state index contributed by atoms with van der Waals surface area (Å²) in [6.07, 6.45) is 2.07. The van der Waals surface area contributed by atoms with E-state index < -0.39 is 11.6 Å². The molecule has 1 atom stereocenters. The topological polar surface area (TPSA) is 42.9 Å². The molecule has 1 aliphatic rings. The van der Waals surface area contributed by atoms with Gasteiger partial charge in [0.25, 0.3) is 0 Å². The molecule has 1 fully saturated rings. The Morgan fingerprint density at radius 1 is 1.17 bits per heavy atom. The first-order chi connectivity index (χ1) is 13.8. The van der Waals surface area contributed by atoms with E-state index in [2.05, 4.69) is 53.1 Å². The molecule has 5 nitrogen and oxygen atoms in total. The lowest BCUT2D eigenvalue weighted by molar-refractivity contribution is 0.173. The fourth-order valence-electron chi connectivity index (χ4n) is 3.96. The zero-order valence-corrected chi connectivity index (χ0v) is 21.3. The summed E-state index contributed by atoms with van der Waals surface area (Å²) in [5.41, 5.74) is 0.744. The third-order valence-electron chi connectivity index (χ3n) is 5.55. The molecule has 1 unspecified atom stereocenters. The summed E-state index contributed by atoms with van der Waals surface area (Å²) >= 11 is 0. The minimum atomic E-state index is -0.800. The van der Waals surface area contributed by atoms with Crippen LogP contribution in [0.25, 0.3) is 0 Å². The maximum Gasteiger partial charge on any atom is 0.190 e. The normalized spacial score (nSPS) is 17.1. The molecule has 0 aromatic heterocycles. The SMILES string of the molecule is CN=C(NCCCN(C(C)C)C(C)C)NCC1CCN(c2ccc(F)c(F)c2)C1.I. The highest BCUT2D eigenvalue weighted by Gasteiger charge is 2.23. The van der Waals surface area contributed by atoms with Gasteiger partial charge >= 0.3 is 0 Å². The second kappa shape index (κ2) is 13.3. The quantitative estimate of drug-likeness (QED) is 0.216. The molecule has 1 aromatic carbocycles. The number of halogens is 3. The molecule has 0 spiro atoms. The Morgan fingerprint density at radius 3 is 2.47 bits per heavy atom. The Bertz CT molecular complexity index is 661. The van der Waals surface area contributed by atoms with Crippen molar-refractivity contribution in [3.8, 4) is 0 Å². The molecule has 1 heterocycles. The molecule has 30 heavy (non-hydrogen) atoms. The Kier molecular flexibility index (Phi) is 11.9. The van der Waals surface area contributed by atoms with Gasteiger partial charge in [-0.15, -0.1) is 24.0 Å². The highest BCUT2D eigenvalue weighted by Crippen LogP contribution is 2.24. The predicted molar refractivity (Wildman–Crippen MR) is 133 cm³/mol. The van der Waals surface area contributed by atoms with Gasteiger partial charge in [0.1, 0.15) is 0 Å². The van der Waals surface area contributed by atoms with E-state index >= 15 is 0 Å². The summed E-state index contributed by atoms with van der Waals surface area (Å²) in [7, 11) is 1.78. The van der Waals surface area contributed by atoms with Crippen molar-refractivity contribution in [3.05, 3.63) is 29.8 Å². The van der Waals surface area contributed by atoms with Gasteiger partial charge in [-0.25, -0.2) is 8.78 Å². The van der Waals surface area contributed by atoms with E-state index in [0.717, 1.165) is 57.2 Å². The van der Waals surface area contributed by atoms with Gasteiger partial charge in [-0.05, 0) is 58.6 Å². The molecule has 1 aliphatic heterocycles. The van der Waals surface area contributed by atoms with Crippen LogP contribution in [0.15, 0.2) is 23.2 Å². The summed E-state index contributed by atoms with van der Waals surface area (Å²) in [5, 5.41) is 6.79. The van der Waals surface area contributed by atoms with Crippen molar-refractivity contribution < 1.29 is 8.78 Å². The van der Waals surface area contributed by atoms with Crippen LogP contribution in [-0.2, 0) is 0 Å². The van der Waals surface area contributed by atoms with Crippen LogP contribution in [0, 0.1) is 17.6 Å². The van der Waals surface area contributed by atoms with Crippen molar-refractivity contribution in [2.24, 2.45) is 10.9 Å². The summed E-state index contributed by atoms with van der Waals surface area (Å²) < 4.78 is 26.6. The molecule has 2 N–H and O–H groups in total. The highest BCUT2D eigenvalue weighted by molar-refractivity contribution is 14.0. The Balaban J connectivity index is 0.00000450. The lowest BCUT2D eigenvalue weighted by atomic mass is 10.1. The fraction of sp³-hybridized carbons (Fsp3) is 0.682. The van der Waals surface area contributed by atoms with Crippen LogP contribution < -0.4 is 15.5 Å². The van der Waals surface area contributed by atoms with Crippen molar-refractivity contribution >= 4 is 35.6 Å². The third kappa shape index (κ3) is 8.17. The largest absolute Gasteiger partial charge is 0.371 e. The summed E-state index contributed by atoms with van der Waals surface area (Å²) in [6.45, 7) is 13.4. The molecule has 1 aromatic rings. The first-order valence-electron chi connectivity index (χ1n) is 10.7. The fourth-order valence-corrected chi connectivity index (χ4v) is 3.96. The maximum atomic E-state index is 13.5. The second-order valence-electron chi connectivity index (χ2n) is 8.36. The van der Waals surface area contributed by atoms with Gasteiger partial charge in [-0.1, -0.05) is 0 Å². The number of rotatable bonds is 9. The molecule has 0 bridgehead atoms. The van der Waals surface area contributed by atoms with E-state index in [4.69, 9.17) is 0 Å². The summed E-state index contributed by atoms with van der Waals surface area (Å²) in [5.74, 6) is -0.330. The minimum absolute atomic E-state index is 0. The molecule has 2 rings (SSSR count). The van der Waals surface area contributed by atoms with E-state index in [-0.39, 0.29) is 24.0 Å². The maximum absolute atomic E-state index is 13.5. The van der Waals surface area contributed by atoms with Crippen molar-refractivity contribution in [1.29, 1.82) is 0 Å². The number of aliphatic imine (C=N–C) groups is 1. The van der Waals surface area contributed by atoms with Gasteiger partial charge in [-0.3, -0.25) is 9.89 Å². The lowest BCUT2D eigenvalue weighted by Crippen LogP contribution is -2.42. The van der Waals surface area contributed by atoms with Crippen molar-refractivity contribution in [3.63, 3.8) is 0 Å². The van der Waals surface area contributed by atoms with Gasteiger partial charge in [0, 0.05) is 63.6 Å². The van der Waals surface area contributed by atoms with E-state index in [1.807, 2.05) is 0 Å². The average molecular weight is 537 g/mol. The van der Waals surface area contributed by atoms with Crippen LogP contribution in [0.4, 0.5) is 14.5 Å². The van der Waals surface area contributed by atoms with Crippen LogP contribution in [0.3, 0.4) is 0 Å². The Morgan fingerprint density at radius 2 is 1.87 bits per heavy atom. The molecule has 8 heteroatoms. The number of guanidine groups is 1. The number of anilines is 1. The second-order valence-corrected chi connectivity index (χ2v) is 8.36. The summed E-state index contributed by atoms with van der Waals surface area (Å²) in [6, 6.07) is 5.22. The van der Waals surface area contributed by atoms with E-state index in [1.54, 1.807) is 13.1 Å². The first kappa shape index (κ1) is 26.9. The lowest BCUT2D eigenvalue weighted by Gasteiger charge is -2.30. The molecule has 0 saturated carbocycles. The Hall–Kier alpha value is -1.16. The smallest absolute Gasteiger partial charge is 0.190 e. The molecular formula is C22H38F2IN5. The highest BCUT2D eigenvalue weighted by atomic mass is 127. The zero-order chi connectivity index (χ0) is 21.4. The van der Waals surface area contributed by atoms with Crippen LogP contribution in [0.2, 0.25) is 0 Å². The van der Waals surface area contributed by atoms with E-state index in [1.165, 1.54) is 12.1 Å². The number of benzene rings is 1. The average Bonchev–Trinajstić information content (AvgIpc) is 3.14. The molecule has 1 saturated heterocycles. The van der Waals surface area contributed by atoms with Crippen LogP contribution in [0.5, 0.6) is 0 Å². The van der Waals surface area contributed by atoms with Crippen LogP contribution >= 0.6 is 24.0 Å². The molecule has 0 aliphatic carbocycles. The monoisotopic (exact) mass is 537 g/mol. The van der Waals surface area contributed by atoms with Crippen LogP contribution in [0.1, 0.15) is 40.5 Å². The molecule has 0 amide bonds. The standard InChI is InChI=1S/C22H37F2N5.HI/c1-16(2)29(17(3)4)11-6-10-26-22(25-5)27-14-18-9-12-28(15-18)19-7-8-20(23)21(24)13-19;/h7-8,13,16-18H,6,9-12,14-15H2,1-5H3,(H2,25,26,27);1H. The van der Waals surface area contributed by atoms with Crippen molar-refractivity contribution in [2.75, 3.05) is 44.7 Å². The number of nitrogens with one attached hydrogen (secondary N) is 2. The zero-order valence-electron chi connectivity index (χ0n) is 18.9. The van der Waals surface area contributed by atoms with E-state index in [0.29, 0.717) is 18.0 Å². The number of hydrogen-bond acceptors (Lipinski definition) is 3. The summed E-state index contributed by atoms with van der Waals surface area (Å²) in [4.78, 5) is 8.91. The Labute approximate surface area is 197 Å². The van der Waals surface area contributed by atoms with Gasteiger partial charge in [-0.2, -0.15) is 0 Å². The number of nitrogens with zero attached hydrogens (tertiary/aromatic N) is 3. The number of hydrogen-bond donors (Lipinski definition) is 2. The molecule has 0 radical (unpaired) electrons. The van der Waals surface area contributed by atoms with Gasteiger partial charge in [0.05, 0.1) is 0 Å². The predicted octanol–water partition coefficient (Wildman–Crippen LogP) is 4.08. The van der Waals surface area contributed by atoms with Gasteiger partial charge in [0.2, 0.25) is 0 Å². The third-order valence-corrected chi connectivity index (χ3v) is 5.55. The van der Waals surface area contributed by atoms with Crippen LogP contribution in [-0.4, -0.2) is 62.7 Å². The molecule has 172 valence electrons. The molecular weight excluding hydrogens is 499 g/mol. The first-order valence-corrected chi connectivity index (χ1v) is 10.7. The van der Waals surface area contributed by atoms with Gasteiger partial charge < -0.3 is 15.5 Å². The van der Waals surface area contributed by atoms with Crippen molar-refractivity contribution in [2.45, 2.75) is 52.6 Å². The van der Waals surface area contributed by atoms with E-state index in [9.17, 15) is 8.78 Å². The minimum Gasteiger partial charge on any atom is -0.371 e. The van der Waals surface area contributed by atoms with Crippen molar-refractivity contribution in [1.82, 2.24) is 15.5 Å². The van der Waals surface area contributed by atoms with Gasteiger partial charge in [0.15, 0.2) is 17.6 Å².